The van der Waals surface area contributed by atoms with Gasteiger partial charge in [0.25, 0.3) is 5.69 Å². The third-order valence-corrected chi connectivity index (χ3v) is 4.38. The number of hydrogen-bond donors (Lipinski definition) is 1. The van der Waals surface area contributed by atoms with Crippen LogP contribution in [0.1, 0.15) is 5.56 Å². The summed E-state index contributed by atoms with van der Waals surface area (Å²) in [5.41, 5.74) is 1.07. The summed E-state index contributed by atoms with van der Waals surface area (Å²) in [6, 6.07) is 11.7. The quantitative estimate of drug-likeness (QED) is 0.476. The maximum atomic E-state index is 12.2. The summed E-state index contributed by atoms with van der Waals surface area (Å²) in [6.07, 6.45) is 2.00. The lowest BCUT2D eigenvalue weighted by Gasteiger charge is -2.18. The fraction of sp³-hybridized carbons (Fsp3) is 0.188. The molecule has 0 atom stereocenters. The van der Waals surface area contributed by atoms with Gasteiger partial charge in [0.05, 0.1) is 4.92 Å². The molecule has 0 aliphatic carbocycles. The summed E-state index contributed by atoms with van der Waals surface area (Å²) < 4.78 is 0. The number of urea groups is 1. The second kappa shape index (κ2) is 8.03. The van der Waals surface area contributed by atoms with Gasteiger partial charge in [-0.2, -0.15) is 0 Å². The van der Waals surface area contributed by atoms with Gasteiger partial charge in [0.2, 0.25) is 0 Å². The smallest absolute Gasteiger partial charge is 0.321 e. The van der Waals surface area contributed by atoms with Gasteiger partial charge in [-0.15, -0.1) is 11.8 Å². The molecule has 1 N–H and O–H groups in total. The Morgan fingerprint density at radius 2 is 1.96 bits per heavy atom. The summed E-state index contributed by atoms with van der Waals surface area (Å²) in [7, 11) is 1.65. The normalized spacial score (nSPS) is 10.3. The van der Waals surface area contributed by atoms with Crippen LogP contribution in [-0.4, -0.2) is 29.2 Å². The van der Waals surface area contributed by atoms with Crippen molar-refractivity contribution in [2.45, 2.75) is 11.4 Å². The Bertz CT molecular complexity index is 753. The van der Waals surface area contributed by atoms with E-state index in [-0.39, 0.29) is 16.7 Å². The van der Waals surface area contributed by atoms with Crippen LogP contribution in [0.15, 0.2) is 47.4 Å². The number of carbonyl (C=O) groups excluding carboxylic acids is 1. The number of rotatable bonds is 5. The second-order valence-electron chi connectivity index (χ2n) is 5.06. The van der Waals surface area contributed by atoms with Crippen LogP contribution in [0.4, 0.5) is 16.2 Å². The molecule has 0 bridgehead atoms. The Morgan fingerprint density at radius 1 is 1.29 bits per heavy atom. The maximum Gasteiger partial charge on any atom is 0.321 e. The van der Waals surface area contributed by atoms with Crippen molar-refractivity contribution < 1.29 is 9.72 Å². The predicted molar refractivity (Wildman–Crippen MR) is 96.8 cm³/mol. The first-order chi connectivity index (χ1) is 11.4. The minimum absolute atomic E-state index is 0.0280. The number of hydrogen-bond acceptors (Lipinski definition) is 4. The van der Waals surface area contributed by atoms with Crippen LogP contribution in [-0.2, 0) is 6.54 Å². The molecule has 0 fully saturated rings. The molecule has 2 aromatic carbocycles. The minimum atomic E-state index is -0.588. The van der Waals surface area contributed by atoms with Gasteiger partial charge in [0, 0.05) is 30.2 Å². The van der Waals surface area contributed by atoms with Crippen molar-refractivity contribution in [1.29, 1.82) is 0 Å². The standard InChI is InChI=1S/C16H16ClN3O3S/c1-19(10-11-3-6-13(24-2)7-4-11)16(21)18-12-5-8-14(17)15(9-12)20(22)23/h3-9H,10H2,1-2H3,(H,18,21). The highest BCUT2D eigenvalue weighted by atomic mass is 35.5. The summed E-state index contributed by atoms with van der Waals surface area (Å²) in [5.74, 6) is 0. The van der Waals surface area contributed by atoms with Gasteiger partial charge in [0.1, 0.15) is 5.02 Å². The molecule has 0 heterocycles. The van der Waals surface area contributed by atoms with Crippen molar-refractivity contribution in [1.82, 2.24) is 4.90 Å². The lowest BCUT2D eigenvalue weighted by Crippen LogP contribution is -2.30. The first-order valence-electron chi connectivity index (χ1n) is 6.99. The number of nitro groups is 1. The van der Waals surface area contributed by atoms with E-state index in [4.69, 9.17) is 11.6 Å². The van der Waals surface area contributed by atoms with Crippen molar-refractivity contribution in [3.63, 3.8) is 0 Å². The topological polar surface area (TPSA) is 75.5 Å². The van der Waals surface area contributed by atoms with E-state index >= 15 is 0 Å². The average Bonchev–Trinajstić information content (AvgIpc) is 2.57. The molecule has 0 radical (unpaired) electrons. The number of nitrogens with zero attached hydrogens (tertiary/aromatic N) is 2. The summed E-state index contributed by atoms with van der Waals surface area (Å²) in [5, 5.41) is 13.5. The molecule has 6 nitrogen and oxygen atoms in total. The molecule has 0 saturated heterocycles. The molecule has 0 saturated carbocycles. The largest absolute Gasteiger partial charge is 0.323 e. The minimum Gasteiger partial charge on any atom is -0.323 e. The highest BCUT2D eigenvalue weighted by molar-refractivity contribution is 7.98. The van der Waals surface area contributed by atoms with Crippen LogP contribution < -0.4 is 5.32 Å². The zero-order valence-electron chi connectivity index (χ0n) is 13.2. The molecule has 2 rings (SSSR count). The number of nitrogens with one attached hydrogen (secondary N) is 1. The van der Waals surface area contributed by atoms with Gasteiger partial charge in [-0.05, 0) is 36.1 Å². The fourth-order valence-corrected chi connectivity index (χ4v) is 2.62. The van der Waals surface area contributed by atoms with Gasteiger partial charge in [-0.3, -0.25) is 10.1 Å². The summed E-state index contributed by atoms with van der Waals surface area (Å²) in [4.78, 5) is 25.2. The number of anilines is 1. The molecule has 0 spiro atoms. The van der Waals surface area contributed by atoms with E-state index in [0.717, 1.165) is 10.5 Å². The van der Waals surface area contributed by atoms with Gasteiger partial charge >= 0.3 is 6.03 Å². The molecule has 0 unspecified atom stereocenters. The molecule has 0 aliphatic heterocycles. The van der Waals surface area contributed by atoms with E-state index < -0.39 is 4.92 Å². The lowest BCUT2D eigenvalue weighted by atomic mass is 10.2. The predicted octanol–water partition coefficient (Wildman–Crippen LogP) is 4.63. The van der Waals surface area contributed by atoms with E-state index in [9.17, 15) is 14.9 Å². The fourth-order valence-electron chi connectivity index (χ4n) is 2.03. The molecule has 8 heteroatoms. The van der Waals surface area contributed by atoms with E-state index in [1.807, 2.05) is 30.5 Å². The van der Waals surface area contributed by atoms with Crippen molar-refractivity contribution in [2.24, 2.45) is 0 Å². The highest BCUT2D eigenvalue weighted by Gasteiger charge is 2.15. The first kappa shape index (κ1) is 18.1. The van der Waals surface area contributed by atoms with Crippen LogP contribution in [0.25, 0.3) is 0 Å². The zero-order chi connectivity index (χ0) is 17.7. The molecule has 126 valence electrons. The molecule has 2 amide bonds. The second-order valence-corrected chi connectivity index (χ2v) is 6.34. The third-order valence-electron chi connectivity index (χ3n) is 3.32. The van der Waals surface area contributed by atoms with Gasteiger partial charge < -0.3 is 10.2 Å². The average molecular weight is 366 g/mol. The lowest BCUT2D eigenvalue weighted by molar-refractivity contribution is -0.384. The molecular weight excluding hydrogens is 350 g/mol. The Hall–Kier alpha value is -2.25. The van der Waals surface area contributed by atoms with Crippen LogP contribution in [0.5, 0.6) is 0 Å². The molecule has 0 aromatic heterocycles. The van der Waals surface area contributed by atoms with E-state index in [0.29, 0.717) is 12.2 Å². The number of benzene rings is 2. The van der Waals surface area contributed by atoms with Crippen LogP contribution >= 0.6 is 23.4 Å². The van der Waals surface area contributed by atoms with Gasteiger partial charge in [-0.25, -0.2) is 4.79 Å². The Balaban J connectivity index is 2.03. The van der Waals surface area contributed by atoms with E-state index in [2.05, 4.69) is 5.32 Å². The van der Waals surface area contributed by atoms with Gasteiger partial charge in [0.15, 0.2) is 0 Å². The number of thioether (sulfide) groups is 1. The van der Waals surface area contributed by atoms with Crippen molar-refractivity contribution in [2.75, 3.05) is 18.6 Å². The number of carbonyl (C=O) groups is 1. The monoisotopic (exact) mass is 365 g/mol. The van der Waals surface area contributed by atoms with Crippen LogP contribution in [0.3, 0.4) is 0 Å². The first-order valence-corrected chi connectivity index (χ1v) is 8.60. The highest BCUT2D eigenvalue weighted by Crippen LogP contribution is 2.27. The number of amides is 2. The Labute approximate surface area is 148 Å². The SMILES string of the molecule is CSc1ccc(CN(C)C(=O)Nc2ccc(Cl)c([N+](=O)[O-])c2)cc1. The molecular formula is C16H16ClN3O3S. The Morgan fingerprint density at radius 3 is 2.54 bits per heavy atom. The van der Waals surface area contributed by atoms with E-state index in [1.165, 1.54) is 23.1 Å². The van der Waals surface area contributed by atoms with Crippen molar-refractivity contribution in [3.8, 4) is 0 Å². The number of halogens is 1. The molecule has 2 aromatic rings. The van der Waals surface area contributed by atoms with Crippen LogP contribution in [0, 0.1) is 10.1 Å². The summed E-state index contributed by atoms with van der Waals surface area (Å²) in [6.45, 7) is 0.427. The number of nitro benzene ring substituents is 1. The molecule has 0 aliphatic rings. The molecule has 24 heavy (non-hydrogen) atoms. The van der Waals surface area contributed by atoms with Crippen molar-refractivity contribution >= 4 is 40.8 Å². The Kier molecular flexibility index (Phi) is 6.05. The maximum absolute atomic E-state index is 12.2. The van der Waals surface area contributed by atoms with Crippen molar-refractivity contribution in [3.05, 3.63) is 63.2 Å². The zero-order valence-corrected chi connectivity index (χ0v) is 14.7. The summed E-state index contributed by atoms with van der Waals surface area (Å²) >= 11 is 7.41. The third kappa shape index (κ3) is 4.62. The van der Waals surface area contributed by atoms with E-state index in [1.54, 1.807) is 18.8 Å². The van der Waals surface area contributed by atoms with Crippen LogP contribution in [0.2, 0.25) is 5.02 Å². The van der Waals surface area contributed by atoms with Gasteiger partial charge in [-0.1, -0.05) is 23.7 Å².